The van der Waals surface area contributed by atoms with E-state index in [-0.39, 0.29) is 18.2 Å². The summed E-state index contributed by atoms with van der Waals surface area (Å²) in [6.45, 7) is 0. The fourth-order valence-corrected chi connectivity index (χ4v) is 5.20. The third kappa shape index (κ3) is 3.91. The van der Waals surface area contributed by atoms with E-state index < -0.39 is 5.54 Å². The van der Waals surface area contributed by atoms with E-state index in [2.05, 4.69) is 56.3 Å². The number of hydrogen-bond acceptors (Lipinski definition) is 8. The Morgan fingerprint density at radius 1 is 1.34 bits per heavy atom. The monoisotopic (exact) mass is 423 g/mol. The Kier molecular flexibility index (Phi) is 4.60. The molecule has 1 saturated carbocycles. The van der Waals surface area contributed by atoms with E-state index in [1.54, 1.807) is 11.3 Å². The molecule has 1 aliphatic carbocycles. The van der Waals surface area contributed by atoms with Gasteiger partial charge in [0.2, 0.25) is 17.7 Å². The molecular weight excluding hydrogens is 406 g/mol. The van der Waals surface area contributed by atoms with E-state index in [0.29, 0.717) is 31.1 Å². The Hall–Kier alpha value is -2.70. The number of rotatable bonds is 6. The van der Waals surface area contributed by atoms with Crippen LogP contribution in [0.1, 0.15) is 41.1 Å². The van der Waals surface area contributed by atoms with Crippen molar-refractivity contribution in [3.8, 4) is 6.07 Å². The predicted molar refractivity (Wildman–Crippen MR) is 110 cm³/mol. The fraction of sp³-hybridized carbons (Fsp3) is 0.350. The molecule has 1 N–H and O–H groups in total. The number of benzene rings is 1. The van der Waals surface area contributed by atoms with Crippen LogP contribution in [0, 0.1) is 11.3 Å². The molecular formula is C20H17N5O2S2. The summed E-state index contributed by atoms with van der Waals surface area (Å²) in [6.07, 6.45) is 4.04. The highest BCUT2D eigenvalue weighted by molar-refractivity contribution is 8.02. The highest BCUT2D eigenvalue weighted by Crippen LogP contribution is 2.34. The number of thioether (sulfide) groups is 1. The minimum Gasteiger partial charge on any atom is -0.424 e. The topological polar surface area (TPSA) is 105 Å². The number of nitriles is 1. The highest BCUT2D eigenvalue weighted by Gasteiger charge is 2.44. The van der Waals surface area contributed by atoms with Gasteiger partial charge in [0.1, 0.15) is 17.0 Å². The number of hydrogen-bond donors (Lipinski definition) is 1. The number of fused-ring (bicyclic) bond motifs is 1. The lowest BCUT2D eigenvalue weighted by Gasteiger charge is -2.06. The second-order valence-electron chi connectivity index (χ2n) is 7.29. The molecule has 3 aromatic rings. The molecule has 5 rings (SSSR count). The summed E-state index contributed by atoms with van der Waals surface area (Å²) in [5, 5.41) is 22.8. The molecule has 9 heteroatoms. The van der Waals surface area contributed by atoms with Gasteiger partial charge in [-0.1, -0.05) is 12.1 Å². The van der Waals surface area contributed by atoms with Crippen LogP contribution in [0.4, 0.5) is 0 Å². The van der Waals surface area contributed by atoms with Crippen molar-refractivity contribution in [1.82, 2.24) is 20.5 Å². The maximum atomic E-state index is 12.0. The van der Waals surface area contributed by atoms with Crippen molar-refractivity contribution >= 4 is 39.2 Å². The molecule has 0 bridgehead atoms. The van der Waals surface area contributed by atoms with Gasteiger partial charge in [-0.15, -0.1) is 33.3 Å². The van der Waals surface area contributed by atoms with Crippen LogP contribution in [-0.4, -0.2) is 32.4 Å². The van der Waals surface area contributed by atoms with Gasteiger partial charge in [-0.3, -0.25) is 4.79 Å². The van der Waals surface area contributed by atoms with E-state index in [1.807, 2.05) is 11.8 Å². The van der Waals surface area contributed by atoms with Crippen molar-refractivity contribution in [3.05, 3.63) is 52.0 Å². The molecule has 0 spiro atoms. The van der Waals surface area contributed by atoms with Gasteiger partial charge in [-0.25, -0.2) is 4.98 Å². The lowest BCUT2D eigenvalue weighted by molar-refractivity contribution is -0.121. The van der Waals surface area contributed by atoms with E-state index in [0.717, 1.165) is 21.0 Å². The van der Waals surface area contributed by atoms with Crippen LogP contribution >= 0.6 is 23.1 Å². The average Bonchev–Trinajstić information content (AvgIpc) is 3.13. The number of carbonyl (C=O) groups excluding carboxylic acids is 1. The van der Waals surface area contributed by atoms with Crippen LogP contribution in [0.15, 0.2) is 34.1 Å². The summed E-state index contributed by atoms with van der Waals surface area (Å²) in [5.41, 5.74) is 1.59. The van der Waals surface area contributed by atoms with Gasteiger partial charge in [-0.05, 0) is 35.9 Å². The third-order valence-corrected chi connectivity index (χ3v) is 6.95. The summed E-state index contributed by atoms with van der Waals surface area (Å²) in [6, 6.07) is 8.55. The molecule has 1 aromatic carbocycles. The summed E-state index contributed by atoms with van der Waals surface area (Å²) in [4.78, 5) is 16.7. The summed E-state index contributed by atoms with van der Waals surface area (Å²) >= 11 is 3.46. The second kappa shape index (κ2) is 7.28. The Morgan fingerprint density at radius 3 is 2.97 bits per heavy atom. The molecule has 1 fully saturated rings. The molecule has 1 unspecified atom stereocenters. The zero-order valence-corrected chi connectivity index (χ0v) is 17.1. The highest BCUT2D eigenvalue weighted by atomic mass is 32.2. The number of nitrogens with zero attached hydrogens (tertiary/aromatic N) is 4. The van der Waals surface area contributed by atoms with Gasteiger partial charge in [-0.2, -0.15) is 5.26 Å². The second-order valence-corrected chi connectivity index (χ2v) is 9.34. The average molecular weight is 424 g/mol. The number of nitrogens with one attached hydrogen (secondary N) is 1. The molecule has 1 aliphatic heterocycles. The van der Waals surface area contributed by atoms with Gasteiger partial charge in [0, 0.05) is 11.7 Å². The normalized spacial score (nSPS) is 19.3. The van der Waals surface area contributed by atoms with Crippen LogP contribution in [-0.2, 0) is 17.6 Å². The minimum atomic E-state index is -0.688. The van der Waals surface area contributed by atoms with Gasteiger partial charge in [0.15, 0.2) is 0 Å². The molecule has 2 aliphatic rings. The summed E-state index contributed by atoms with van der Waals surface area (Å²) in [5.74, 6) is 1.97. The minimum absolute atomic E-state index is 0.0213. The summed E-state index contributed by atoms with van der Waals surface area (Å²) < 4.78 is 6.76. The third-order valence-electron chi connectivity index (χ3n) is 5.03. The smallest absolute Gasteiger partial charge is 0.230 e. The Morgan fingerprint density at radius 2 is 2.21 bits per heavy atom. The molecule has 2 aromatic heterocycles. The SMILES string of the molecule is N#CC1(NC(=O)Cc2nnc(Cc3nc4ccc(C5C=CSC5)cc4s3)o2)CC1. The van der Waals surface area contributed by atoms with Crippen LogP contribution in [0.25, 0.3) is 10.2 Å². The predicted octanol–water partition coefficient (Wildman–Crippen LogP) is 3.33. The Bertz CT molecular complexity index is 1160. The molecule has 0 saturated heterocycles. The van der Waals surface area contributed by atoms with Gasteiger partial charge in [0.25, 0.3) is 0 Å². The molecule has 29 heavy (non-hydrogen) atoms. The standard InChI is InChI=1S/C20H17N5O2S2/c21-11-20(4-5-20)23-16(26)8-17-24-25-18(27-17)9-19-22-14-2-1-12(7-15(14)29-19)13-3-6-28-10-13/h1-3,6-7,13H,4-5,8-10H2,(H,23,26). The molecule has 146 valence electrons. The van der Waals surface area contributed by atoms with E-state index >= 15 is 0 Å². The van der Waals surface area contributed by atoms with Crippen molar-refractivity contribution in [2.24, 2.45) is 0 Å². The number of thiazole rings is 1. The van der Waals surface area contributed by atoms with Crippen molar-refractivity contribution in [3.63, 3.8) is 0 Å². The quantitative estimate of drug-likeness (QED) is 0.648. The maximum Gasteiger partial charge on any atom is 0.230 e. The van der Waals surface area contributed by atoms with Crippen molar-refractivity contribution < 1.29 is 9.21 Å². The first kappa shape index (κ1) is 18.3. The van der Waals surface area contributed by atoms with Crippen molar-refractivity contribution in [2.45, 2.75) is 37.1 Å². The maximum absolute atomic E-state index is 12.0. The zero-order chi connectivity index (χ0) is 19.8. The van der Waals surface area contributed by atoms with Gasteiger partial charge >= 0.3 is 0 Å². The van der Waals surface area contributed by atoms with Gasteiger partial charge < -0.3 is 9.73 Å². The molecule has 7 nitrogen and oxygen atoms in total. The van der Waals surface area contributed by atoms with Crippen LogP contribution in [0.3, 0.4) is 0 Å². The number of amides is 1. The van der Waals surface area contributed by atoms with Crippen LogP contribution in [0.5, 0.6) is 0 Å². The van der Waals surface area contributed by atoms with Crippen LogP contribution < -0.4 is 5.32 Å². The molecule has 1 amide bonds. The first-order valence-corrected chi connectivity index (χ1v) is 11.2. The first-order valence-electron chi connectivity index (χ1n) is 9.34. The molecule has 1 atom stereocenters. The van der Waals surface area contributed by atoms with E-state index in [1.165, 1.54) is 5.56 Å². The number of carbonyl (C=O) groups is 1. The van der Waals surface area contributed by atoms with Crippen molar-refractivity contribution in [1.29, 1.82) is 5.26 Å². The van der Waals surface area contributed by atoms with Gasteiger partial charge in [0.05, 0.1) is 22.7 Å². The lowest BCUT2D eigenvalue weighted by atomic mass is 10.0. The Labute approximate surface area is 175 Å². The number of allylic oxidation sites excluding steroid dienone is 1. The number of aromatic nitrogens is 3. The Balaban J connectivity index is 1.25. The zero-order valence-electron chi connectivity index (χ0n) is 15.4. The fourth-order valence-electron chi connectivity index (χ4n) is 3.27. The van der Waals surface area contributed by atoms with E-state index in [9.17, 15) is 4.79 Å². The van der Waals surface area contributed by atoms with Crippen molar-refractivity contribution in [2.75, 3.05) is 5.75 Å². The first-order chi connectivity index (χ1) is 14.1. The largest absolute Gasteiger partial charge is 0.424 e. The molecule has 3 heterocycles. The summed E-state index contributed by atoms with van der Waals surface area (Å²) in [7, 11) is 0. The van der Waals surface area contributed by atoms with Crippen LogP contribution in [0.2, 0.25) is 0 Å². The van der Waals surface area contributed by atoms with E-state index in [4.69, 9.17) is 9.68 Å². The lowest BCUT2D eigenvalue weighted by Crippen LogP contribution is -2.36. The molecule has 0 radical (unpaired) electrons.